The third kappa shape index (κ3) is 5.56. The van der Waals surface area contributed by atoms with Crippen molar-refractivity contribution in [1.82, 2.24) is 24.3 Å². The average Bonchev–Trinajstić information content (AvgIpc) is 3.01. The smallest absolute Gasteiger partial charge is 0.350 e. The number of carbonyl (C=O) groups is 1. The molecule has 3 aromatic rings. The van der Waals surface area contributed by atoms with Crippen LogP contribution in [0.4, 0.5) is 14.6 Å². The second-order valence-corrected chi connectivity index (χ2v) is 12.8. The number of anilines is 1. The van der Waals surface area contributed by atoms with Gasteiger partial charge in [-0.05, 0) is 37.2 Å². The Bertz CT molecular complexity index is 1650. The molecule has 2 fully saturated rings. The van der Waals surface area contributed by atoms with E-state index < -0.39 is 11.6 Å². The van der Waals surface area contributed by atoms with Gasteiger partial charge >= 0.3 is 5.69 Å². The third-order valence-corrected chi connectivity index (χ3v) is 10.4. The normalized spacial score (nSPS) is 19.7. The Hall–Kier alpha value is -2.99. The summed E-state index contributed by atoms with van der Waals surface area (Å²) in [7, 11) is 0. The van der Waals surface area contributed by atoms with Crippen LogP contribution in [0.25, 0.3) is 22.0 Å². The maximum absolute atomic E-state index is 15.3. The molecular formula is C31H35ClF2N6O2S. The minimum absolute atomic E-state index is 0.121. The van der Waals surface area contributed by atoms with Crippen LogP contribution in [0, 0.1) is 18.6 Å². The van der Waals surface area contributed by atoms with Crippen LogP contribution in [0.5, 0.6) is 0 Å². The molecule has 0 aliphatic carbocycles. The monoisotopic (exact) mass is 628 g/mol. The summed E-state index contributed by atoms with van der Waals surface area (Å²) in [5.41, 5.74) is 1.96. The first kappa shape index (κ1) is 30.1. The highest BCUT2D eigenvalue weighted by molar-refractivity contribution is 7.99. The third-order valence-electron chi connectivity index (χ3n) is 8.85. The summed E-state index contributed by atoms with van der Waals surface area (Å²) >= 11 is 7.73. The van der Waals surface area contributed by atoms with Gasteiger partial charge in [0.1, 0.15) is 17.5 Å². The maximum Gasteiger partial charge on any atom is 0.350 e. The van der Waals surface area contributed by atoms with Crippen molar-refractivity contribution >= 4 is 46.0 Å². The zero-order valence-electron chi connectivity index (χ0n) is 24.4. The summed E-state index contributed by atoms with van der Waals surface area (Å²) in [5, 5.41) is 0.647. The molecule has 1 atom stereocenters. The number of aryl methyl sites for hydroxylation is 1. The van der Waals surface area contributed by atoms with Crippen molar-refractivity contribution in [2.24, 2.45) is 0 Å². The van der Waals surface area contributed by atoms with E-state index in [0.717, 1.165) is 54.6 Å². The molecule has 3 aliphatic rings. The molecule has 8 nitrogen and oxygen atoms in total. The van der Waals surface area contributed by atoms with E-state index in [1.54, 1.807) is 21.2 Å². The highest BCUT2D eigenvalue weighted by atomic mass is 35.5. The molecule has 12 heteroatoms. The molecule has 228 valence electrons. The number of hydrogen-bond acceptors (Lipinski definition) is 7. The maximum atomic E-state index is 15.3. The number of likely N-dealkylation sites (N-methyl/N-ethyl adjacent to an activating group) is 1. The van der Waals surface area contributed by atoms with Gasteiger partial charge in [-0.3, -0.25) is 14.3 Å². The summed E-state index contributed by atoms with van der Waals surface area (Å²) in [6.45, 7) is 15.2. The average molecular weight is 629 g/mol. The summed E-state index contributed by atoms with van der Waals surface area (Å²) < 4.78 is 31.2. The van der Waals surface area contributed by atoms with Gasteiger partial charge in [0.15, 0.2) is 0 Å². The van der Waals surface area contributed by atoms with Crippen molar-refractivity contribution < 1.29 is 13.6 Å². The molecule has 3 aliphatic heterocycles. The Balaban J connectivity index is 1.49. The Morgan fingerprint density at radius 2 is 1.77 bits per heavy atom. The van der Waals surface area contributed by atoms with E-state index in [-0.39, 0.29) is 28.2 Å². The van der Waals surface area contributed by atoms with E-state index >= 15 is 4.39 Å². The van der Waals surface area contributed by atoms with Crippen molar-refractivity contribution in [3.05, 3.63) is 63.6 Å². The summed E-state index contributed by atoms with van der Waals surface area (Å²) in [5.74, 6) is -0.462. The quantitative estimate of drug-likeness (QED) is 0.296. The molecule has 1 aromatic heterocycles. The van der Waals surface area contributed by atoms with Gasteiger partial charge in [0.05, 0.1) is 16.6 Å². The van der Waals surface area contributed by atoms with E-state index in [1.807, 2.05) is 17.9 Å². The number of rotatable bonds is 6. The van der Waals surface area contributed by atoms with Gasteiger partial charge < -0.3 is 14.7 Å². The fourth-order valence-corrected chi connectivity index (χ4v) is 8.04. The van der Waals surface area contributed by atoms with E-state index in [2.05, 4.69) is 28.3 Å². The van der Waals surface area contributed by atoms with Crippen LogP contribution in [0.15, 0.2) is 40.5 Å². The van der Waals surface area contributed by atoms with Crippen LogP contribution in [0.1, 0.15) is 18.5 Å². The molecule has 0 bridgehead atoms. The minimum Gasteiger partial charge on any atom is -0.352 e. The van der Waals surface area contributed by atoms with Crippen LogP contribution in [-0.4, -0.2) is 101 Å². The second-order valence-electron chi connectivity index (χ2n) is 11.3. The molecule has 0 spiro atoms. The number of hydrogen-bond donors (Lipinski definition) is 0. The van der Waals surface area contributed by atoms with Crippen LogP contribution >= 0.6 is 23.4 Å². The van der Waals surface area contributed by atoms with Gasteiger partial charge in [-0.1, -0.05) is 25.1 Å². The molecule has 0 unspecified atom stereocenters. The largest absolute Gasteiger partial charge is 0.352 e. The second kappa shape index (κ2) is 12.2. The van der Waals surface area contributed by atoms with E-state index in [0.29, 0.717) is 55.4 Å². The molecule has 0 N–H and O–H groups in total. The van der Waals surface area contributed by atoms with Gasteiger partial charge in [0, 0.05) is 92.1 Å². The number of piperazine rings is 2. The lowest BCUT2D eigenvalue weighted by Gasteiger charge is -2.39. The highest BCUT2D eigenvalue weighted by Crippen LogP contribution is 2.47. The molecule has 6 rings (SSSR count). The Morgan fingerprint density at radius 3 is 2.44 bits per heavy atom. The first-order chi connectivity index (χ1) is 20.7. The zero-order chi connectivity index (χ0) is 30.4. The Kier molecular flexibility index (Phi) is 8.52. The minimum atomic E-state index is -0.816. The van der Waals surface area contributed by atoms with E-state index in [9.17, 15) is 14.0 Å². The van der Waals surface area contributed by atoms with Gasteiger partial charge in [-0.15, -0.1) is 11.8 Å². The summed E-state index contributed by atoms with van der Waals surface area (Å²) in [6.07, 6.45) is 1.31. The topological polar surface area (TPSA) is 64.9 Å². The summed E-state index contributed by atoms with van der Waals surface area (Å²) in [4.78, 5) is 40.1. The van der Waals surface area contributed by atoms with Gasteiger partial charge in [-0.2, -0.15) is 4.98 Å². The first-order valence-corrected chi connectivity index (χ1v) is 16.0. The SMILES string of the molecule is C=CC(=O)N1CCN(c2nc(=O)n3c4c(c(-c5cc(Cl)c(F)cc5F)c(C)cc24)SC[C@@H]3CN2CCN(CC)CC2)CC1. The number of benzene rings is 2. The van der Waals surface area contributed by atoms with Crippen LogP contribution < -0.4 is 10.6 Å². The lowest BCUT2D eigenvalue weighted by molar-refractivity contribution is -0.126. The number of thioether (sulfide) groups is 1. The number of amides is 1. The zero-order valence-corrected chi connectivity index (χ0v) is 26.0. The molecular weight excluding hydrogens is 594 g/mol. The molecule has 0 saturated carbocycles. The van der Waals surface area contributed by atoms with Crippen molar-refractivity contribution in [3.63, 3.8) is 0 Å². The molecule has 0 radical (unpaired) electrons. The van der Waals surface area contributed by atoms with Crippen molar-refractivity contribution in [2.75, 3.05) is 76.1 Å². The van der Waals surface area contributed by atoms with Crippen molar-refractivity contribution in [1.29, 1.82) is 0 Å². The lowest BCUT2D eigenvalue weighted by atomic mass is 9.96. The van der Waals surface area contributed by atoms with Crippen molar-refractivity contribution in [2.45, 2.75) is 24.8 Å². The summed E-state index contributed by atoms with van der Waals surface area (Å²) in [6, 6.07) is 3.97. The first-order valence-electron chi connectivity index (χ1n) is 14.7. The van der Waals surface area contributed by atoms with Gasteiger partial charge in [-0.25, -0.2) is 13.6 Å². The number of halogens is 3. The van der Waals surface area contributed by atoms with E-state index in [1.165, 1.54) is 12.1 Å². The van der Waals surface area contributed by atoms with Crippen molar-refractivity contribution in [3.8, 4) is 11.1 Å². The van der Waals surface area contributed by atoms with Crippen LogP contribution in [-0.2, 0) is 4.79 Å². The lowest BCUT2D eigenvalue weighted by Crippen LogP contribution is -2.50. The van der Waals surface area contributed by atoms with Crippen LogP contribution in [0.3, 0.4) is 0 Å². The number of aromatic nitrogens is 2. The number of nitrogens with zero attached hydrogens (tertiary/aromatic N) is 6. The van der Waals surface area contributed by atoms with E-state index in [4.69, 9.17) is 11.6 Å². The standard InChI is InChI=1S/C31H35ClF2N6O2S/c1-4-26(41)38-10-12-39(13-11-38)30-22-14-19(3)27(21-15-23(32)25(34)16-24(21)33)29-28(22)40(31(42)35-30)20(18-43-29)17-37-8-6-36(5-2)7-9-37/h4,14-16,20H,1,5-13,17-18H2,2-3H3/t20-/m0/s1. The molecule has 2 aromatic carbocycles. The fraction of sp³-hybridized carbons (Fsp3) is 0.452. The Morgan fingerprint density at radius 1 is 1.07 bits per heavy atom. The number of carbonyl (C=O) groups excluding carboxylic acids is 1. The fourth-order valence-electron chi connectivity index (χ4n) is 6.50. The van der Waals surface area contributed by atoms with Crippen LogP contribution in [0.2, 0.25) is 5.02 Å². The molecule has 2 saturated heterocycles. The predicted molar refractivity (Wildman–Crippen MR) is 168 cm³/mol. The van der Waals surface area contributed by atoms with Gasteiger partial charge in [0.25, 0.3) is 0 Å². The van der Waals surface area contributed by atoms with Gasteiger partial charge in [0.2, 0.25) is 5.91 Å². The molecule has 1 amide bonds. The molecule has 43 heavy (non-hydrogen) atoms. The predicted octanol–water partition coefficient (Wildman–Crippen LogP) is 4.42. The molecule has 4 heterocycles. The Labute approximate surface area is 258 Å². The highest BCUT2D eigenvalue weighted by Gasteiger charge is 2.33.